The van der Waals surface area contributed by atoms with Gasteiger partial charge in [0.25, 0.3) is 15.9 Å². The second-order valence-corrected chi connectivity index (χ2v) is 8.45. The standard InChI is InChI=1S/C21H20ClN3O5S/c1-29-19-9-8-16(22)12-18(19)25-31(27,28)17-7-3-5-14(11-17)20(26)24-13-15-6-4-10-23-21(15)30-2/h3-12,25H,13H2,1-2H3,(H,24,26). The van der Waals surface area contributed by atoms with Gasteiger partial charge in [-0.3, -0.25) is 9.52 Å². The maximum Gasteiger partial charge on any atom is 0.262 e. The van der Waals surface area contributed by atoms with Gasteiger partial charge in [-0.25, -0.2) is 13.4 Å². The van der Waals surface area contributed by atoms with Crippen LogP contribution in [0.2, 0.25) is 5.02 Å². The molecular weight excluding hydrogens is 442 g/mol. The summed E-state index contributed by atoms with van der Waals surface area (Å²) in [5.74, 6) is 0.273. The molecule has 0 fully saturated rings. The van der Waals surface area contributed by atoms with Crippen LogP contribution in [0.25, 0.3) is 0 Å². The summed E-state index contributed by atoms with van der Waals surface area (Å²) in [7, 11) is -1.09. The number of ether oxygens (including phenoxy) is 2. The van der Waals surface area contributed by atoms with Crippen molar-refractivity contribution >= 4 is 33.2 Å². The Labute approximate surface area is 185 Å². The van der Waals surface area contributed by atoms with Gasteiger partial charge in [-0.15, -0.1) is 0 Å². The quantitative estimate of drug-likeness (QED) is 0.532. The molecule has 0 bridgehead atoms. The van der Waals surface area contributed by atoms with Gasteiger partial charge in [0.15, 0.2) is 0 Å². The Morgan fingerprint density at radius 1 is 1.06 bits per heavy atom. The van der Waals surface area contributed by atoms with Crippen molar-refractivity contribution in [2.75, 3.05) is 18.9 Å². The summed E-state index contributed by atoms with van der Waals surface area (Å²) in [5, 5.41) is 3.08. The largest absolute Gasteiger partial charge is 0.495 e. The van der Waals surface area contributed by atoms with Crippen LogP contribution < -0.4 is 19.5 Å². The summed E-state index contributed by atoms with van der Waals surface area (Å²) in [5.41, 5.74) is 1.06. The Balaban J connectivity index is 1.79. The number of aromatic nitrogens is 1. The molecule has 0 atom stereocenters. The molecule has 3 rings (SSSR count). The molecule has 1 aromatic heterocycles. The monoisotopic (exact) mass is 461 g/mol. The molecular formula is C21H20ClN3O5S. The molecule has 0 saturated carbocycles. The number of methoxy groups -OCH3 is 2. The summed E-state index contributed by atoms with van der Waals surface area (Å²) < 4.78 is 38.5. The van der Waals surface area contributed by atoms with Crippen molar-refractivity contribution in [1.29, 1.82) is 0 Å². The fourth-order valence-electron chi connectivity index (χ4n) is 2.79. The number of anilines is 1. The molecule has 1 heterocycles. The number of carbonyl (C=O) groups excluding carboxylic acids is 1. The van der Waals surface area contributed by atoms with E-state index in [9.17, 15) is 13.2 Å². The molecule has 3 aromatic rings. The van der Waals surface area contributed by atoms with Crippen molar-refractivity contribution in [2.24, 2.45) is 0 Å². The van der Waals surface area contributed by atoms with E-state index in [-0.39, 0.29) is 22.7 Å². The van der Waals surface area contributed by atoms with E-state index in [1.54, 1.807) is 30.5 Å². The van der Waals surface area contributed by atoms with Crippen LogP contribution in [0.5, 0.6) is 11.6 Å². The van der Waals surface area contributed by atoms with Crippen LogP contribution in [0.15, 0.2) is 65.7 Å². The number of benzene rings is 2. The summed E-state index contributed by atoms with van der Waals surface area (Å²) in [6.45, 7) is 0.171. The van der Waals surface area contributed by atoms with Crippen LogP contribution in [-0.4, -0.2) is 33.5 Å². The van der Waals surface area contributed by atoms with Crippen molar-refractivity contribution in [2.45, 2.75) is 11.4 Å². The smallest absolute Gasteiger partial charge is 0.262 e. The predicted octanol–water partition coefficient (Wildman–Crippen LogP) is 3.48. The number of rotatable bonds is 8. The van der Waals surface area contributed by atoms with Gasteiger partial charge in [0.2, 0.25) is 5.88 Å². The number of amides is 1. The highest BCUT2D eigenvalue weighted by Crippen LogP contribution is 2.30. The van der Waals surface area contributed by atoms with Crippen molar-refractivity contribution in [3.05, 3.63) is 76.9 Å². The number of nitrogens with one attached hydrogen (secondary N) is 2. The minimum absolute atomic E-state index is 0.0823. The highest BCUT2D eigenvalue weighted by atomic mass is 35.5. The van der Waals surface area contributed by atoms with Crippen molar-refractivity contribution in [3.63, 3.8) is 0 Å². The Hall–Kier alpha value is -3.30. The SMILES string of the molecule is COc1ccc(Cl)cc1NS(=O)(=O)c1cccc(C(=O)NCc2cccnc2OC)c1. The minimum Gasteiger partial charge on any atom is -0.495 e. The van der Waals surface area contributed by atoms with Gasteiger partial charge in [-0.05, 0) is 42.5 Å². The molecule has 1 amide bonds. The van der Waals surface area contributed by atoms with E-state index in [4.69, 9.17) is 21.1 Å². The Bertz CT molecular complexity index is 1200. The molecule has 10 heteroatoms. The van der Waals surface area contributed by atoms with E-state index in [0.29, 0.717) is 22.2 Å². The summed E-state index contributed by atoms with van der Waals surface area (Å²) in [6, 6.07) is 13.8. The normalized spacial score (nSPS) is 10.9. The van der Waals surface area contributed by atoms with Crippen LogP contribution >= 0.6 is 11.6 Å². The number of pyridine rings is 1. The van der Waals surface area contributed by atoms with Crippen molar-refractivity contribution in [3.8, 4) is 11.6 Å². The lowest BCUT2D eigenvalue weighted by atomic mass is 10.2. The fourth-order valence-corrected chi connectivity index (χ4v) is 4.07. The third-order valence-electron chi connectivity index (χ3n) is 4.30. The Kier molecular flexibility index (Phi) is 6.98. The van der Waals surface area contributed by atoms with E-state index in [2.05, 4.69) is 15.0 Å². The molecule has 0 aliphatic heterocycles. The number of hydrogen-bond donors (Lipinski definition) is 2. The Morgan fingerprint density at radius 3 is 2.61 bits per heavy atom. The summed E-state index contributed by atoms with van der Waals surface area (Å²) in [4.78, 5) is 16.6. The molecule has 0 radical (unpaired) electrons. The third kappa shape index (κ3) is 5.44. The van der Waals surface area contributed by atoms with Gasteiger partial charge in [0.1, 0.15) is 5.75 Å². The van der Waals surface area contributed by atoms with E-state index < -0.39 is 15.9 Å². The molecule has 0 unspecified atom stereocenters. The number of halogens is 1. The average Bonchev–Trinajstić information content (AvgIpc) is 2.77. The summed E-state index contributed by atoms with van der Waals surface area (Å²) in [6.07, 6.45) is 1.58. The third-order valence-corrected chi connectivity index (χ3v) is 5.89. The number of nitrogens with zero attached hydrogens (tertiary/aromatic N) is 1. The van der Waals surface area contributed by atoms with Gasteiger partial charge >= 0.3 is 0 Å². The predicted molar refractivity (Wildman–Crippen MR) is 117 cm³/mol. The summed E-state index contributed by atoms with van der Waals surface area (Å²) >= 11 is 5.97. The van der Waals surface area contributed by atoms with Crippen LogP contribution in [0.1, 0.15) is 15.9 Å². The van der Waals surface area contributed by atoms with E-state index >= 15 is 0 Å². The topological polar surface area (TPSA) is 107 Å². The second-order valence-electron chi connectivity index (χ2n) is 6.33. The lowest BCUT2D eigenvalue weighted by molar-refractivity contribution is 0.0950. The maximum absolute atomic E-state index is 12.9. The number of hydrogen-bond acceptors (Lipinski definition) is 6. The van der Waals surface area contributed by atoms with Crippen LogP contribution in [0.4, 0.5) is 5.69 Å². The van der Waals surface area contributed by atoms with Gasteiger partial charge in [-0.2, -0.15) is 0 Å². The molecule has 0 spiro atoms. The Morgan fingerprint density at radius 2 is 1.87 bits per heavy atom. The fraction of sp³-hybridized carbons (Fsp3) is 0.143. The zero-order chi connectivity index (χ0) is 22.4. The maximum atomic E-state index is 12.9. The lowest BCUT2D eigenvalue weighted by Crippen LogP contribution is -2.23. The number of carbonyl (C=O) groups is 1. The molecule has 162 valence electrons. The zero-order valence-electron chi connectivity index (χ0n) is 16.8. The highest BCUT2D eigenvalue weighted by molar-refractivity contribution is 7.92. The van der Waals surface area contributed by atoms with Crippen molar-refractivity contribution < 1.29 is 22.7 Å². The molecule has 0 aliphatic rings. The zero-order valence-corrected chi connectivity index (χ0v) is 18.3. The minimum atomic E-state index is -4.00. The number of sulfonamides is 1. The molecule has 0 saturated heterocycles. The van der Waals surface area contributed by atoms with Gasteiger partial charge in [0.05, 0.1) is 24.8 Å². The first-order chi connectivity index (χ1) is 14.8. The average molecular weight is 462 g/mol. The first-order valence-corrected chi connectivity index (χ1v) is 10.9. The van der Waals surface area contributed by atoms with E-state index in [1.165, 1.54) is 44.6 Å². The van der Waals surface area contributed by atoms with Gasteiger partial charge in [-0.1, -0.05) is 23.7 Å². The van der Waals surface area contributed by atoms with Crippen molar-refractivity contribution in [1.82, 2.24) is 10.3 Å². The van der Waals surface area contributed by atoms with E-state index in [1.807, 2.05) is 0 Å². The van der Waals surface area contributed by atoms with Gasteiger partial charge < -0.3 is 14.8 Å². The molecule has 2 aromatic carbocycles. The van der Waals surface area contributed by atoms with Gasteiger partial charge in [0, 0.05) is 28.9 Å². The van der Waals surface area contributed by atoms with E-state index in [0.717, 1.165) is 0 Å². The molecule has 2 N–H and O–H groups in total. The first kappa shape index (κ1) is 22.4. The first-order valence-electron chi connectivity index (χ1n) is 9.06. The molecule has 31 heavy (non-hydrogen) atoms. The second kappa shape index (κ2) is 9.67. The molecule has 8 nitrogen and oxygen atoms in total. The van der Waals surface area contributed by atoms with Crippen LogP contribution in [0.3, 0.4) is 0 Å². The lowest BCUT2D eigenvalue weighted by Gasteiger charge is -2.13. The molecule has 0 aliphatic carbocycles. The highest BCUT2D eigenvalue weighted by Gasteiger charge is 2.19. The van der Waals surface area contributed by atoms with Crippen LogP contribution in [-0.2, 0) is 16.6 Å². The van der Waals surface area contributed by atoms with Crippen LogP contribution in [0, 0.1) is 0 Å².